The van der Waals surface area contributed by atoms with Gasteiger partial charge in [0.05, 0.1) is 0 Å². The Morgan fingerprint density at radius 3 is 2.71 bits per heavy atom. The third kappa shape index (κ3) is 1.30. The fourth-order valence-electron chi connectivity index (χ4n) is 2.00. The van der Waals surface area contributed by atoms with Crippen LogP contribution in [0.3, 0.4) is 0 Å². The van der Waals surface area contributed by atoms with E-state index >= 15 is 0 Å². The maximum atomic E-state index is 5.98. The van der Waals surface area contributed by atoms with Crippen molar-refractivity contribution in [2.45, 2.75) is 25.9 Å². The Morgan fingerprint density at radius 2 is 2.14 bits per heavy atom. The van der Waals surface area contributed by atoms with Crippen molar-refractivity contribution in [3.8, 4) is 5.75 Å². The number of hydrogen-bond donors (Lipinski definition) is 1. The average Bonchev–Trinajstić information content (AvgIpc) is 2.57. The van der Waals surface area contributed by atoms with Gasteiger partial charge >= 0.3 is 0 Å². The van der Waals surface area contributed by atoms with E-state index in [1.807, 2.05) is 12.1 Å². The van der Waals surface area contributed by atoms with Crippen molar-refractivity contribution in [2.75, 3.05) is 6.54 Å². The lowest BCUT2D eigenvalue weighted by molar-refractivity contribution is 0.0537. The van der Waals surface area contributed by atoms with Crippen molar-refractivity contribution in [2.24, 2.45) is 11.7 Å². The summed E-state index contributed by atoms with van der Waals surface area (Å²) in [6.45, 7) is 4.91. The van der Waals surface area contributed by atoms with Crippen LogP contribution in [0.4, 0.5) is 0 Å². The molecule has 0 bridgehead atoms. The molecule has 14 heavy (non-hydrogen) atoms. The number of para-hydroxylation sites is 1. The summed E-state index contributed by atoms with van der Waals surface area (Å²) in [7, 11) is 0. The molecule has 76 valence electrons. The Hall–Kier alpha value is -1.02. The molecule has 1 heterocycles. The van der Waals surface area contributed by atoms with E-state index in [-0.39, 0.29) is 5.60 Å². The number of nitrogens with two attached hydrogens (primary N) is 1. The van der Waals surface area contributed by atoms with Crippen LogP contribution in [0, 0.1) is 5.92 Å². The second-order valence-corrected chi connectivity index (χ2v) is 4.31. The first-order valence-corrected chi connectivity index (χ1v) is 5.15. The third-order valence-electron chi connectivity index (χ3n) is 3.17. The lowest BCUT2D eigenvalue weighted by Crippen LogP contribution is -2.47. The minimum absolute atomic E-state index is 0.177. The second kappa shape index (κ2) is 3.28. The highest BCUT2D eigenvalue weighted by Crippen LogP contribution is 2.38. The molecule has 0 radical (unpaired) electrons. The Kier molecular flexibility index (Phi) is 2.23. The van der Waals surface area contributed by atoms with Crippen LogP contribution in [-0.2, 0) is 6.42 Å². The zero-order chi connectivity index (χ0) is 10.2. The zero-order valence-corrected chi connectivity index (χ0v) is 8.79. The molecule has 1 unspecified atom stereocenters. The number of ether oxygens (including phenoxy) is 1. The first kappa shape index (κ1) is 9.53. The van der Waals surface area contributed by atoms with Gasteiger partial charge in [-0.15, -0.1) is 0 Å². The number of hydrogen-bond acceptors (Lipinski definition) is 2. The van der Waals surface area contributed by atoms with Crippen molar-refractivity contribution < 1.29 is 4.74 Å². The fraction of sp³-hybridized carbons (Fsp3) is 0.500. The van der Waals surface area contributed by atoms with Gasteiger partial charge in [0.25, 0.3) is 0 Å². The molecule has 0 saturated carbocycles. The van der Waals surface area contributed by atoms with Crippen molar-refractivity contribution in [3.63, 3.8) is 0 Å². The normalized spacial score (nSPS) is 24.9. The molecule has 2 rings (SSSR count). The lowest BCUT2D eigenvalue weighted by Gasteiger charge is -2.31. The molecule has 1 aliphatic heterocycles. The Labute approximate surface area is 85.1 Å². The van der Waals surface area contributed by atoms with Crippen LogP contribution in [0.25, 0.3) is 0 Å². The van der Waals surface area contributed by atoms with Gasteiger partial charge in [0.2, 0.25) is 0 Å². The third-order valence-corrected chi connectivity index (χ3v) is 3.17. The lowest BCUT2D eigenvalue weighted by atomic mass is 9.86. The van der Waals surface area contributed by atoms with Gasteiger partial charge < -0.3 is 10.5 Å². The fourth-order valence-corrected chi connectivity index (χ4v) is 2.00. The van der Waals surface area contributed by atoms with Gasteiger partial charge in [0.1, 0.15) is 11.4 Å². The molecular formula is C12H17NO. The molecule has 2 N–H and O–H groups in total. The highest BCUT2D eigenvalue weighted by atomic mass is 16.5. The van der Waals surface area contributed by atoms with Crippen LogP contribution in [0.15, 0.2) is 24.3 Å². The van der Waals surface area contributed by atoms with Crippen molar-refractivity contribution >= 4 is 0 Å². The topological polar surface area (TPSA) is 35.2 Å². The molecular weight excluding hydrogens is 174 g/mol. The van der Waals surface area contributed by atoms with E-state index in [0.29, 0.717) is 12.5 Å². The summed E-state index contributed by atoms with van der Waals surface area (Å²) >= 11 is 0. The predicted molar refractivity (Wildman–Crippen MR) is 57.4 cm³/mol. The van der Waals surface area contributed by atoms with Gasteiger partial charge in [-0.25, -0.2) is 0 Å². The summed E-state index contributed by atoms with van der Waals surface area (Å²) in [5.41, 5.74) is 6.93. The van der Waals surface area contributed by atoms with Gasteiger partial charge in [-0.2, -0.15) is 0 Å². The maximum Gasteiger partial charge on any atom is 0.128 e. The number of fused-ring (bicyclic) bond motifs is 1. The minimum atomic E-state index is -0.177. The van der Waals surface area contributed by atoms with Gasteiger partial charge in [-0.1, -0.05) is 32.0 Å². The first-order valence-electron chi connectivity index (χ1n) is 5.15. The molecule has 0 amide bonds. The molecule has 2 nitrogen and oxygen atoms in total. The van der Waals surface area contributed by atoms with Gasteiger partial charge in [-0.3, -0.25) is 0 Å². The SMILES string of the molecule is CC(C)C1(CN)Cc2ccccc2O1. The smallest absolute Gasteiger partial charge is 0.128 e. The maximum absolute atomic E-state index is 5.98. The molecule has 1 aromatic carbocycles. The van der Waals surface area contributed by atoms with Crippen LogP contribution in [0.2, 0.25) is 0 Å². The molecule has 0 aromatic heterocycles. The highest BCUT2D eigenvalue weighted by molar-refractivity contribution is 5.39. The van der Waals surface area contributed by atoms with Crippen LogP contribution >= 0.6 is 0 Å². The Morgan fingerprint density at radius 1 is 1.43 bits per heavy atom. The summed E-state index contributed by atoms with van der Waals surface area (Å²) < 4.78 is 5.98. The molecule has 0 aliphatic carbocycles. The number of rotatable bonds is 2. The monoisotopic (exact) mass is 191 g/mol. The quantitative estimate of drug-likeness (QED) is 0.775. The van der Waals surface area contributed by atoms with E-state index in [9.17, 15) is 0 Å². The van der Waals surface area contributed by atoms with E-state index < -0.39 is 0 Å². The van der Waals surface area contributed by atoms with Crippen LogP contribution < -0.4 is 10.5 Å². The van der Waals surface area contributed by atoms with Gasteiger partial charge in [0, 0.05) is 13.0 Å². The molecule has 1 atom stereocenters. The van der Waals surface area contributed by atoms with Crippen molar-refractivity contribution in [3.05, 3.63) is 29.8 Å². The molecule has 0 saturated heterocycles. The summed E-state index contributed by atoms with van der Waals surface area (Å²) in [5, 5.41) is 0. The standard InChI is InChI=1S/C12H17NO/c1-9(2)12(8-13)7-10-5-3-4-6-11(10)14-12/h3-6,9H,7-8,13H2,1-2H3. The number of benzene rings is 1. The summed E-state index contributed by atoms with van der Waals surface area (Å²) in [4.78, 5) is 0. The summed E-state index contributed by atoms with van der Waals surface area (Å²) in [5.74, 6) is 1.45. The van der Waals surface area contributed by atoms with Crippen LogP contribution in [0.5, 0.6) is 5.75 Å². The molecule has 0 spiro atoms. The van der Waals surface area contributed by atoms with E-state index in [0.717, 1.165) is 12.2 Å². The summed E-state index contributed by atoms with van der Waals surface area (Å²) in [6.07, 6.45) is 0.942. The van der Waals surface area contributed by atoms with E-state index in [2.05, 4.69) is 26.0 Å². The average molecular weight is 191 g/mol. The van der Waals surface area contributed by atoms with Crippen molar-refractivity contribution in [1.82, 2.24) is 0 Å². The molecule has 1 aliphatic rings. The molecule has 2 heteroatoms. The predicted octanol–water partition coefficient (Wildman–Crippen LogP) is 1.97. The van der Waals surface area contributed by atoms with E-state index in [1.54, 1.807) is 0 Å². The second-order valence-electron chi connectivity index (χ2n) is 4.31. The minimum Gasteiger partial charge on any atom is -0.485 e. The Balaban J connectivity index is 2.32. The van der Waals surface area contributed by atoms with Gasteiger partial charge in [-0.05, 0) is 17.5 Å². The van der Waals surface area contributed by atoms with E-state index in [1.165, 1.54) is 5.56 Å². The van der Waals surface area contributed by atoms with Crippen molar-refractivity contribution in [1.29, 1.82) is 0 Å². The molecule has 1 aromatic rings. The van der Waals surface area contributed by atoms with Gasteiger partial charge in [0.15, 0.2) is 0 Å². The van der Waals surface area contributed by atoms with Crippen LogP contribution in [-0.4, -0.2) is 12.1 Å². The van der Waals surface area contributed by atoms with E-state index in [4.69, 9.17) is 10.5 Å². The van der Waals surface area contributed by atoms with Crippen LogP contribution in [0.1, 0.15) is 19.4 Å². The highest BCUT2D eigenvalue weighted by Gasteiger charge is 2.40. The zero-order valence-electron chi connectivity index (χ0n) is 8.79. The first-order chi connectivity index (χ1) is 6.68. The Bertz CT molecular complexity index is 308. The largest absolute Gasteiger partial charge is 0.485 e. The molecule has 0 fully saturated rings. The summed E-state index contributed by atoms with van der Waals surface area (Å²) in [6, 6.07) is 8.20.